The lowest BCUT2D eigenvalue weighted by Crippen LogP contribution is -2.17. The van der Waals surface area contributed by atoms with Gasteiger partial charge in [0.15, 0.2) is 17.1 Å². The standard InChI is InChI=1S/C16H13ClN4O3/c1-8-11-6-10(7-18-15(11)21-20-8)19-16(22)9-4-12(17)14-13(5-9)23-2-3-24-14/h4-7H,2-3H2,1H3,(H,19,22)(H,18,20,21). The van der Waals surface area contributed by atoms with Crippen molar-refractivity contribution < 1.29 is 14.3 Å². The molecule has 0 radical (unpaired) electrons. The highest BCUT2D eigenvalue weighted by atomic mass is 35.5. The van der Waals surface area contributed by atoms with E-state index in [9.17, 15) is 4.79 Å². The van der Waals surface area contributed by atoms with Crippen molar-refractivity contribution >= 4 is 34.2 Å². The summed E-state index contributed by atoms with van der Waals surface area (Å²) in [6, 6.07) is 4.99. The molecule has 24 heavy (non-hydrogen) atoms. The van der Waals surface area contributed by atoms with Crippen molar-refractivity contribution in [2.24, 2.45) is 0 Å². The number of pyridine rings is 1. The van der Waals surface area contributed by atoms with Crippen LogP contribution in [0.1, 0.15) is 16.1 Å². The zero-order chi connectivity index (χ0) is 16.7. The van der Waals surface area contributed by atoms with E-state index in [1.54, 1.807) is 18.3 Å². The maximum Gasteiger partial charge on any atom is 0.255 e. The van der Waals surface area contributed by atoms with Gasteiger partial charge in [-0.15, -0.1) is 0 Å². The quantitative estimate of drug-likeness (QED) is 0.746. The summed E-state index contributed by atoms with van der Waals surface area (Å²) in [4.78, 5) is 16.7. The number of carbonyl (C=O) groups is 1. The topological polar surface area (TPSA) is 89.1 Å². The van der Waals surface area contributed by atoms with Crippen LogP contribution >= 0.6 is 11.6 Å². The van der Waals surface area contributed by atoms with Crippen LogP contribution in [0.5, 0.6) is 11.5 Å². The number of hydrogen-bond acceptors (Lipinski definition) is 5. The molecule has 7 nitrogen and oxygen atoms in total. The average Bonchev–Trinajstić information content (AvgIpc) is 2.96. The number of anilines is 1. The Labute approximate surface area is 141 Å². The number of halogens is 1. The second kappa shape index (κ2) is 5.68. The minimum atomic E-state index is -0.309. The van der Waals surface area contributed by atoms with Gasteiger partial charge < -0.3 is 14.8 Å². The number of nitrogens with zero attached hydrogens (tertiary/aromatic N) is 2. The van der Waals surface area contributed by atoms with Gasteiger partial charge in [0.05, 0.1) is 16.9 Å². The van der Waals surface area contributed by atoms with Crippen LogP contribution in [-0.2, 0) is 0 Å². The number of rotatable bonds is 2. The largest absolute Gasteiger partial charge is 0.486 e. The van der Waals surface area contributed by atoms with Gasteiger partial charge in [-0.2, -0.15) is 5.10 Å². The number of aromatic amines is 1. The third-order valence-electron chi connectivity index (χ3n) is 3.72. The van der Waals surface area contributed by atoms with Crippen LogP contribution in [0.4, 0.5) is 5.69 Å². The molecule has 0 spiro atoms. The summed E-state index contributed by atoms with van der Waals surface area (Å²) in [5, 5.41) is 10.9. The van der Waals surface area contributed by atoms with Crippen molar-refractivity contribution in [1.29, 1.82) is 0 Å². The van der Waals surface area contributed by atoms with Crippen LogP contribution in [0.3, 0.4) is 0 Å². The van der Waals surface area contributed by atoms with Crippen molar-refractivity contribution in [2.45, 2.75) is 6.92 Å². The molecule has 1 aromatic carbocycles. The number of carbonyl (C=O) groups excluding carboxylic acids is 1. The molecule has 0 saturated heterocycles. The van der Waals surface area contributed by atoms with E-state index >= 15 is 0 Å². The number of fused-ring (bicyclic) bond motifs is 2. The van der Waals surface area contributed by atoms with Gasteiger partial charge in [-0.25, -0.2) is 4.98 Å². The van der Waals surface area contributed by atoms with Crippen LogP contribution in [0, 0.1) is 6.92 Å². The van der Waals surface area contributed by atoms with Crippen molar-refractivity contribution in [1.82, 2.24) is 15.2 Å². The van der Waals surface area contributed by atoms with Crippen molar-refractivity contribution in [2.75, 3.05) is 18.5 Å². The molecule has 0 fully saturated rings. The number of ether oxygens (including phenoxy) is 2. The molecule has 3 heterocycles. The fourth-order valence-electron chi connectivity index (χ4n) is 2.53. The van der Waals surface area contributed by atoms with E-state index < -0.39 is 0 Å². The lowest BCUT2D eigenvalue weighted by molar-refractivity contribution is 0.102. The lowest BCUT2D eigenvalue weighted by Gasteiger charge is -2.20. The third kappa shape index (κ3) is 2.52. The van der Waals surface area contributed by atoms with E-state index in [4.69, 9.17) is 21.1 Å². The Morgan fingerprint density at radius 3 is 3.00 bits per heavy atom. The summed E-state index contributed by atoms with van der Waals surface area (Å²) < 4.78 is 10.9. The van der Waals surface area contributed by atoms with Crippen LogP contribution < -0.4 is 14.8 Å². The van der Waals surface area contributed by atoms with Gasteiger partial charge in [-0.3, -0.25) is 9.89 Å². The van der Waals surface area contributed by atoms with Gasteiger partial charge in [0.1, 0.15) is 13.2 Å². The second-order valence-corrected chi connectivity index (χ2v) is 5.79. The fourth-order valence-corrected chi connectivity index (χ4v) is 2.80. The molecule has 8 heteroatoms. The van der Waals surface area contributed by atoms with Gasteiger partial charge in [-0.05, 0) is 25.1 Å². The minimum absolute atomic E-state index is 0.309. The maximum atomic E-state index is 12.5. The predicted octanol–water partition coefficient (Wildman–Crippen LogP) is 2.94. The summed E-state index contributed by atoms with van der Waals surface area (Å²) in [6.07, 6.45) is 1.56. The molecule has 0 atom stereocenters. The van der Waals surface area contributed by atoms with E-state index in [0.29, 0.717) is 46.6 Å². The first-order valence-electron chi connectivity index (χ1n) is 7.33. The van der Waals surface area contributed by atoms with E-state index in [2.05, 4.69) is 20.5 Å². The molecular formula is C16H13ClN4O3. The summed E-state index contributed by atoms with van der Waals surface area (Å²) in [6.45, 7) is 2.76. The van der Waals surface area contributed by atoms with Gasteiger partial charge in [0.2, 0.25) is 0 Å². The molecule has 1 aliphatic heterocycles. The number of nitrogens with one attached hydrogen (secondary N) is 2. The summed E-state index contributed by atoms with van der Waals surface area (Å²) in [5.74, 6) is 0.630. The molecular weight excluding hydrogens is 332 g/mol. The first-order chi connectivity index (χ1) is 11.6. The maximum absolute atomic E-state index is 12.5. The van der Waals surface area contributed by atoms with E-state index in [-0.39, 0.29) is 5.91 Å². The first kappa shape index (κ1) is 14.8. The summed E-state index contributed by atoms with van der Waals surface area (Å²) in [7, 11) is 0. The molecule has 0 aliphatic carbocycles. The molecule has 0 saturated carbocycles. The Morgan fingerprint density at radius 2 is 2.12 bits per heavy atom. The fraction of sp³-hybridized carbons (Fsp3) is 0.188. The average molecular weight is 345 g/mol. The molecule has 2 aromatic heterocycles. The van der Waals surface area contributed by atoms with Crippen molar-refractivity contribution in [3.05, 3.63) is 40.7 Å². The van der Waals surface area contributed by atoms with Gasteiger partial charge in [-0.1, -0.05) is 11.6 Å². The van der Waals surface area contributed by atoms with Crippen LogP contribution in [0.15, 0.2) is 24.4 Å². The number of benzene rings is 1. The molecule has 0 unspecified atom stereocenters. The van der Waals surface area contributed by atoms with Gasteiger partial charge in [0.25, 0.3) is 5.91 Å². The first-order valence-corrected chi connectivity index (χ1v) is 7.71. The SMILES string of the molecule is Cc1[nH]nc2ncc(NC(=O)c3cc(Cl)c4c(c3)OCCO4)cc12. The van der Waals surface area contributed by atoms with E-state index in [0.717, 1.165) is 11.1 Å². The summed E-state index contributed by atoms with van der Waals surface area (Å²) in [5.41, 5.74) is 2.44. The van der Waals surface area contributed by atoms with Crippen LogP contribution in [0.25, 0.3) is 11.0 Å². The van der Waals surface area contributed by atoms with Crippen LogP contribution in [-0.4, -0.2) is 34.3 Å². The number of H-pyrrole nitrogens is 1. The summed E-state index contributed by atoms with van der Waals surface area (Å²) >= 11 is 6.17. The normalized spacial score (nSPS) is 13.1. The van der Waals surface area contributed by atoms with Crippen LogP contribution in [0.2, 0.25) is 5.02 Å². The smallest absolute Gasteiger partial charge is 0.255 e. The Bertz CT molecular complexity index is 954. The van der Waals surface area contributed by atoms with Crippen molar-refractivity contribution in [3.63, 3.8) is 0 Å². The minimum Gasteiger partial charge on any atom is -0.486 e. The molecule has 1 amide bonds. The molecule has 1 aliphatic rings. The third-order valence-corrected chi connectivity index (χ3v) is 4.00. The zero-order valence-corrected chi connectivity index (χ0v) is 13.5. The number of aromatic nitrogens is 3. The van der Waals surface area contributed by atoms with Gasteiger partial charge in [0, 0.05) is 16.6 Å². The molecule has 0 bridgehead atoms. The highest BCUT2D eigenvalue weighted by molar-refractivity contribution is 6.32. The second-order valence-electron chi connectivity index (χ2n) is 5.38. The Morgan fingerprint density at radius 1 is 1.29 bits per heavy atom. The number of aryl methyl sites for hydroxylation is 1. The Hall–Kier alpha value is -2.80. The van der Waals surface area contributed by atoms with E-state index in [1.807, 2.05) is 13.0 Å². The molecule has 122 valence electrons. The van der Waals surface area contributed by atoms with Gasteiger partial charge >= 0.3 is 0 Å². The molecule has 3 aromatic rings. The monoisotopic (exact) mass is 344 g/mol. The van der Waals surface area contributed by atoms with Crippen molar-refractivity contribution in [3.8, 4) is 11.5 Å². The Balaban J connectivity index is 1.63. The highest BCUT2D eigenvalue weighted by Crippen LogP contribution is 2.38. The predicted molar refractivity (Wildman–Crippen MR) is 89.0 cm³/mol. The highest BCUT2D eigenvalue weighted by Gasteiger charge is 2.19. The lowest BCUT2D eigenvalue weighted by atomic mass is 10.1. The molecule has 4 rings (SSSR count). The van der Waals surface area contributed by atoms with E-state index in [1.165, 1.54) is 0 Å². The molecule has 2 N–H and O–H groups in total. The number of amides is 1. The Kier molecular flexibility index (Phi) is 3.50. The number of hydrogen-bond donors (Lipinski definition) is 2. The zero-order valence-electron chi connectivity index (χ0n) is 12.7.